The van der Waals surface area contributed by atoms with Gasteiger partial charge in [0.25, 0.3) is 0 Å². The largest absolute Gasteiger partial charge is 0.733 e. The summed E-state index contributed by atoms with van der Waals surface area (Å²) in [6, 6.07) is 5.02. The van der Waals surface area contributed by atoms with Crippen LogP contribution < -0.4 is 27.7 Å². The van der Waals surface area contributed by atoms with Gasteiger partial charge >= 0.3 is 0 Å². The van der Waals surface area contributed by atoms with Crippen LogP contribution in [-0.4, -0.2) is 29.7 Å². The summed E-state index contributed by atoms with van der Waals surface area (Å²) in [7, 11) is 0. The molecule has 0 bridgehead atoms. The van der Waals surface area contributed by atoms with Crippen molar-refractivity contribution in [3.05, 3.63) is 29.5 Å². The molecule has 1 rings (SSSR count). The van der Waals surface area contributed by atoms with Crippen molar-refractivity contribution in [3.63, 3.8) is 0 Å². The Labute approximate surface area is 122 Å². The second-order valence-electron chi connectivity index (χ2n) is 4.36. The molecule has 0 aliphatic heterocycles. The first-order valence-corrected chi connectivity index (χ1v) is 6.28. The Balaban J connectivity index is 2.43. The van der Waals surface area contributed by atoms with E-state index in [9.17, 15) is 10.0 Å². The quantitative estimate of drug-likeness (QED) is 0.199. The van der Waals surface area contributed by atoms with Gasteiger partial charge in [-0.1, -0.05) is 0 Å². The zero-order valence-corrected chi connectivity index (χ0v) is 11.4. The van der Waals surface area contributed by atoms with Crippen molar-refractivity contribution >= 4 is 23.2 Å². The van der Waals surface area contributed by atoms with Crippen LogP contribution in [0.1, 0.15) is 12.8 Å². The molecule has 1 amide bonds. The number of aliphatic imine (C=N–C) groups is 1. The highest BCUT2D eigenvalue weighted by molar-refractivity contribution is 5.94. The molecule has 0 fully saturated rings. The summed E-state index contributed by atoms with van der Waals surface area (Å²) in [6.45, 7) is 0.411. The molecule has 0 spiro atoms. The maximum absolute atomic E-state index is 11.8. The molecule has 9 nitrogen and oxygen atoms in total. The Kier molecular flexibility index (Phi) is 6.40. The molecule has 0 saturated heterocycles. The van der Waals surface area contributed by atoms with Gasteiger partial charge in [0.15, 0.2) is 5.96 Å². The van der Waals surface area contributed by atoms with Gasteiger partial charge in [0.05, 0.1) is 11.7 Å². The van der Waals surface area contributed by atoms with Crippen LogP contribution in [0.15, 0.2) is 29.3 Å². The molecule has 116 valence electrons. The maximum Gasteiger partial charge on any atom is 0.241 e. The van der Waals surface area contributed by atoms with Gasteiger partial charge in [0, 0.05) is 12.2 Å². The lowest BCUT2D eigenvalue weighted by atomic mass is 10.1. The molecule has 0 aliphatic rings. The normalized spacial score (nSPS) is 11.6. The fraction of sp³-hybridized carbons (Fsp3) is 0.333. The highest BCUT2D eigenvalue weighted by Gasteiger charge is 2.13. The maximum atomic E-state index is 11.8. The van der Waals surface area contributed by atoms with Crippen LogP contribution in [0.4, 0.5) is 11.4 Å². The number of hydrogen-bond acceptors (Lipinski definition) is 6. The molecule has 0 unspecified atom stereocenters. The van der Waals surface area contributed by atoms with Crippen LogP contribution in [0.2, 0.25) is 0 Å². The van der Waals surface area contributed by atoms with Gasteiger partial charge in [0.1, 0.15) is 0 Å². The molecule has 0 aliphatic carbocycles. The average molecular weight is 295 g/mol. The van der Waals surface area contributed by atoms with Gasteiger partial charge in [-0.05, 0) is 37.1 Å². The van der Waals surface area contributed by atoms with E-state index >= 15 is 0 Å². The van der Waals surface area contributed by atoms with E-state index in [2.05, 4.69) is 10.3 Å². The van der Waals surface area contributed by atoms with E-state index < -0.39 is 6.04 Å². The number of amides is 1. The summed E-state index contributed by atoms with van der Waals surface area (Å²) in [4.78, 5) is 15.6. The number of nitrogens with two attached hydrogens (primary N) is 3. The first-order valence-electron chi connectivity index (χ1n) is 6.28. The lowest BCUT2D eigenvalue weighted by Crippen LogP contribution is -2.35. The van der Waals surface area contributed by atoms with E-state index in [4.69, 9.17) is 22.4 Å². The van der Waals surface area contributed by atoms with Crippen molar-refractivity contribution in [1.82, 2.24) is 0 Å². The number of rotatable bonds is 7. The first-order chi connectivity index (χ1) is 9.90. The van der Waals surface area contributed by atoms with Crippen LogP contribution in [0.5, 0.6) is 0 Å². The van der Waals surface area contributed by atoms with Crippen LogP contribution in [0.25, 0.3) is 0 Å². The summed E-state index contributed by atoms with van der Waals surface area (Å²) in [6.07, 6.45) is 1.02. The molecule has 21 heavy (non-hydrogen) atoms. The molecule has 8 N–H and O–H groups in total. The summed E-state index contributed by atoms with van der Waals surface area (Å²) >= 11 is 0. The van der Waals surface area contributed by atoms with E-state index in [-0.39, 0.29) is 22.8 Å². The van der Waals surface area contributed by atoms with Gasteiger partial charge in [-0.25, -0.2) is 0 Å². The number of hydrogen-bond donors (Lipinski definition) is 5. The molecule has 0 aromatic heterocycles. The first kappa shape index (κ1) is 16.7. The fourth-order valence-corrected chi connectivity index (χ4v) is 1.56. The van der Waals surface area contributed by atoms with Crippen LogP contribution in [0.3, 0.4) is 0 Å². The molecule has 1 aromatic carbocycles. The SMILES string of the molecule is NC(N)=NCCC[C@@H](N)C(=O)Nc1ccc(N([O-])O)cc1. The van der Waals surface area contributed by atoms with Crippen molar-refractivity contribution in [1.29, 1.82) is 0 Å². The number of benzene rings is 1. The lowest BCUT2D eigenvalue weighted by Gasteiger charge is -2.21. The molecule has 0 heterocycles. The Morgan fingerprint density at radius 3 is 2.52 bits per heavy atom. The molecular formula is C12H19N6O3-. The monoisotopic (exact) mass is 295 g/mol. The van der Waals surface area contributed by atoms with E-state index in [1.165, 1.54) is 24.3 Å². The molecular weight excluding hydrogens is 276 g/mol. The molecule has 1 atom stereocenters. The number of carbonyl (C=O) groups is 1. The molecule has 9 heteroatoms. The highest BCUT2D eigenvalue weighted by Crippen LogP contribution is 2.16. The number of carbonyl (C=O) groups excluding carboxylic acids is 1. The Morgan fingerprint density at radius 1 is 1.38 bits per heavy atom. The second-order valence-corrected chi connectivity index (χ2v) is 4.36. The Bertz CT molecular complexity index is 484. The van der Waals surface area contributed by atoms with E-state index in [1.54, 1.807) is 0 Å². The second kappa shape index (κ2) is 8.04. The number of nitrogens with zero attached hydrogens (tertiary/aromatic N) is 2. The predicted octanol–water partition coefficient (Wildman–Crippen LogP) is -0.301. The van der Waals surface area contributed by atoms with Crippen LogP contribution in [0, 0.1) is 5.21 Å². The standard InChI is InChI=1S/C12H19N6O3/c13-10(2-1-7-16-12(14)15)11(19)17-8-3-5-9(6-4-8)18(20)21/h3-6,10,20H,1-2,7,13H2,(H,17,19)(H4,14,15,16)/q-1/t10-/m1/s1. The fourth-order valence-electron chi connectivity index (χ4n) is 1.56. The minimum absolute atomic E-state index is 0.00409. The van der Waals surface area contributed by atoms with Crippen molar-refractivity contribution in [2.24, 2.45) is 22.2 Å². The zero-order valence-electron chi connectivity index (χ0n) is 11.4. The third kappa shape index (κ3) is 6.08. The number of anilines is 2. The highest BCUT2D eigenvalue weighted by atomic mass is 16.8. The predicted molar refractivity (Wildman–Crippen MR) is 80.6 cm³/mol. The van der Waals surface area contributed by atoms with Gasteiger partial charge in [-0.3, -0.25) is 15.0 Å². The number of nitrogens with one attached hydrogen (secondary N) is 1. The van der Waals surface area contributed by atoms with Gasteiger partial charge in [-0.2, -0.15) is 0 Å². The smallest absolute Gasteiger partial charge is 0.241 e. The van der Waals surface area contributed by atoms with Crippen LogP contribution >= 0.6 is 0 Å². The molecule has 0 radical (unpaired) electrons. The van der Waals surface area contributed by atoms with Gasteiger partial charge < -0.3 is 33.0 Å². The summed E-state index contributed by atoms with van der Waals surface area (Å²) in [5, 5.41) is 21.6. The van der Waals surface area contributed by atoms with Gasteiger partial charge in [-0.15, -0.1) is 0 Å². The van der Waals surface area contributed by atoms with Gasteiger partial charge in [0.2, 0.25) is 5.91 Å². The Morgan fingerprint density at radius 2 is 2.00 bits per heavy atom. The minimum atomic E-state index is -0.687. The van der Waals surface area contributed by atoms with Crippen molar-refractivity contribution < 1.29 is 10.0 Å². The third-order valence-electron chi connectivity index (χ3n) is 2.66. The topological polar surface area (TPSA) is 166 Å². The van der Waals surface area contributed by atoms with Crippen molar-refractivity contribution in [2.75, 3.05) is 17.1 Å². The van der Waals surface area contributed by atoms with Crippen molar-refractivity contribution in [3.8, 4) is 0 Å². The van der Waals surface area contributed by atoms with E-state index in [1.807, 2.05) is 0 Å². The van der Waals surface area contributed by atoms with E-state index in [0.717, 1.165) is 0 Å². The van der Waals surface area contributed by atoms with E-state index in [0.29, 0.717) is 25.1 Å². The summed E-state index contributed by atoms with van der Waals surface area (Å²) in [5.74, 6) is -0.347. The average Bonchev–Trinajstić information content (AvgIpc) is 2.43. The Hall–Kier alpha value is -2.36. The zero-order chi connectivity index (χ0) is 15.8. The van der Waals surface area contributed by atoms with Crippen LogP contribution in [-0.2, 0) is 4.79 Å². The summed E-state index contributed by atoms with van der Waals surface area (Å²) in [5.41, 5.74) is 16.6. The minimum Gasteiger partial charge on any atom is -0.733 e. The molecule has 1 aromatic rings. The lowest BCUT2D eigenvalue weighted by molar-refractivity contribution is -0.117. The number of guanidine groups is 1. The molecule has 0 saturated carbocycles. The summed E-state index contributed by atoms with van der Waals surface area (Å²) < 4.78 is 0. The van der Waals surface area contributed by atoms with Crippen molar-refractivity contribution in [2.45, 2.75) is 18.9 Å². The third-order valence-corrected chi connectivity index (χ3v) is 2.66.